The molecule has 1 aromatic heterocycles. The first-order valence-corrected chi connectivity index (χ1v) is 5.00. The van der Waals surface area contributed by atoms with Crippen LogP contribution >= 0.6 is 11.8 Å². The van der Waals surface area contributed by atoms with Crippen molar-refractivity contribution in [3.05, 3.63) is 22.7 Å². The highest BCUT2D eigenvalue weighted by molar-refractivity contribution is 7.98. The van der Waals surface area contributed by atoms with E-state index in [2.05, 4.69) is 4.98 Å². The van der Waals surface area contributed by atoms with E-state index in [0.717, 1.165) is 0 Å². The molecule has 0 spiro atoms. The van der Waals surface area contributed by atoms with E-state index in [1.165, 1.54) is 22.5 Å². The molecule has 0 unspecified atom stereocenters. The van der Waals surface area contributed by atoms with Crippen molar-refractivity contribution in [2.45, 2.75) is 11.6 Å². The third kappa shape index (κ3) is 2.57. The highest BCUT2D eigenvalue weighted by Crippen LogP contribution is 2.06. The van der Waals surface area contributed by atoms with Gasteiger partial charge in [-0.05, 0) is 12.3 Å². The fourth-order valence-corrected chi connectivity index (χ4v) is 1.21. The molecule has 76 valence electrons. The molecule has 0 aliphatic carbocycles. The van der Waals surface area contributed by atoms with Crippen molar-refractivity contribution < 1.29 is 4.79 Å². The molecule has 6 nitrogen and oxygen atoms in total. The number of hydrazine groups is 1. The van der Waals surface area contributed by atoms with Gasteiger partial charge in [0.1, 0.15) is 11.6 Å². The largest absolute Gasteiger partial charge is 0.349 e. The SMILES string of the molecule is CSc1ccn(CC(=O)NN)c(=O)n1. The van der Waals surface area contributed by atoms with Crippen LogP contribution in [0.4, 0.5) is 0 Å². The van der Waals surface area contributed by atoms with Crippen LogP contribution < -0.4 is 17.0 Å². The Morgan fingerprint density at radius 1 is 1.79 bits per heavy atom. The first kappa shape index (κ1) is 10.7. The number of carbonyl (C=O) groups excluding carboxylic acids is 1. The molecule has 0 fully saturated rings. The second-order valence-electron chi connectivity index (χ2n) is 2.45. The molecule has 1 aromatic rings. The Morgan fingerprint density at radius 2 is 2.50 bits per heavy atom. The predicted molar refractivity (Wildman–Crippen MR) is 52.6 cm³/mol. The highest BCUT2D eigenvalue weighted by atomic mass is 32.2. The van der Waals surface area contributed by atoms with E-state index in [1.807, 2.05) is 11.7 Å². The molecule has 1 amide bonds. The Balaban J connectivity index is 2.89. The number of rotatable bonds is 3. The van der Waals surface area contributed by atoms with Crippen LogP contribution in [-0.4, -0.2) is 21.7 Å². The zero-order chi connectivity index (χ0) is 10.6. The van der Waals surface area contributed by atoms with Gasteiger partial charge in [0.25, 0.3) is 5.91 Å². The van der Waals surface area contributed by atoms with E-state index in [0.29, 0.717) is 5.03 Å². The van der Waals surface area contributed by atoms with Crippen LogP contribution in [0.5, 0.6) is 0 Å². The quantitative estimate of drug-likeness (QED) is 0.220. The van der Waals surface area contributed by atoms with E-state index in [4.69, 9.17) is 5.84 Å². The Hall–Kier alpha value is -1.34. The number of nitrogens with two attached hydrogens (primary N) is 1. The van der Waals surface area contributed by atoms with Gasteiger partial charge in [-0.15, -0.1) is 11.8 Å². The Labute approximate surface area is 84.5 Å². The van der Waals surface area contributed by atoms with Crippen LogP contribution in [0.15, 0.2) is 22.1 Å². The smallest absolute Gasteiger partial charge is 0.293 e. The van der Waals surface area contributed by atoms with Gasteiger partial charge in [0.05, 0.1) is 0 Å². The summed E-state index contributed by atoms with van der Waals surface area (Å²) >= 11 is 1.37. The zero-order valence-electron chi connectivity index (χ0n) is 7.56. The average Bonchev–Trinajstić information content (AvgIpc) is 2.20. The van der Waals surface area contributed by atoms with Gasteiger partial charge in [0.2, 0.25) is 0 Å². The Bertz CT molecular complexity index is 390. The maximum Gasteiger partial charge on any atom is 0.349 e. The summed E-state index contributed by atoms with van der Waals surface area (Å²) in [5.74, 6) is 4.45. The standard InChI is InChI=1S/C7H10N4O2S/c1-14-6-2-3-11(7(13)9-6)4-5(12)10-8/h2-3H,4,8H2,1H3,(H,10,12). The molecule has 14 heavy (non-hydrogen) atoms. The van der Waals surface area contributed by atoms with Gasteiger partial charge in [-0.2, -0.15) is 4.98 Å². The van der Waals surface area contributed by atoms with Crippen molar-refractivity contribution in [3.8, 4) is 0 Å². The summed E-state index contributed by atoms with van der Waals surface area (Å²) in [7, 11) is 0. The van der Waals surface area contributed by atoms with Crippen molar-refractivity contribution in [2.24, 2.45) is 5.84 Å². The number of nitrogens with zero attached hydrogens (tertiary/aromatic N) is 2. The summed E-state index contributed by atoms with van der Waals surface area (Å²) in [6, 6.07) is 1.66. The van der Waals surface area contributed by atoms with Crippen LogP contribution in [-0.2, 0) is 11.3 Å². The number of aromatic nitrogens is 2. The maximum absolute atomic E-state index is 11.3. The van der Waals surface area contributed by atoms with Crippen LogP contribution in [0.25, 0.3) is 0 Å². The lowest BCUT2D eigenvalue weighted by Crippen LogP contribution is -2.36. The summed E-state index contributed by atoms with van der Waals surface area (Å²) < 4.78 is 1.18. The summed E-state index contributed by atoms with van der Waals surface area (Å²) in [4.78, 5) is 25.9. The first-order valence-electron chi connectivity index (χ1n) is 3.78. The summed E-state index contributed by atoms with van der Waals surface area (Å²) in [5.41, 5.74) is 1.48. The minimum Gasteiger partial charge on any atom is -0.293 e. The van der Waals surface area contributed by atoms with Gasteiger partial charge in [-0.1, -0.05) is 0 Å². The summed E-state index contributed by atoms with van der Waals surface area (Å²) in [6.07, 6.45) is 3.33. The second-order valence-corrected chi connectivity index (χ2v) is 3.27. The van der Waals surface area contributed by atoms with Crippen molar-refractivity contribution >= 4 is 17.7 Å². The molecule has 0 bridgehead atoms. The van der Waals surface area contributed by atoms with Gasteiger partial charge < -0.3 is 0 Å². The molecular weight excluding hydrogens is 204 g/mol. The van der Waals surface area contributed by atoms with E-state index in [1.54, 1.807) is 6.07 Å². The lowest BCUT2D eigenvalue weighted by Gasteiger charge is -2.03. The van der Waals surface area contributed by atoms with Crippen molar-refractivity contribution in [2.75, 3.05) is 6.26 Å². The number of nitrogens with one attached hydrogen (secondary N) is 1. The summed E-state index contributed by atoms with van der Waals surface area (Å²) in [5, 5.41) is 0.624. The minimum absolute atomic E-state index is 0.114. The van der Waals surface area contributed by atoms with Gasteiger partial charge in [0.15, 0.2) is 0 Å². The minimum atomic E-state index is -0.458. The highest BCUT2D eigenvalue weighted by Gasteiger charge is 2.03. The predicted octanol–water partition coefficient (Wildman–Crippen LogP) is -1.04. The van der Waals surface area contributed by atoms with E-state index in [9.17, 15) is 9.59 Å². The van der Waals surface area contributed by atoms with Gasteiger partial charge in [0, 0.05) is 6.20 Å². The van der Waals surface area contributed by atoms with Gasteiger partial charge in [-0.25, -0.2) is 10.6 Å². The number of hydrogen-bond donors (Lipinski definition) is 2. The fraction of sp³-hybridized carbons (Fsp3) is 0.286. The van der Waals surface area contributed by atoms with Crippen LogP contribution in [0.3, 0.4) is 0 Å². The van der Waals surface area contributed by atoms with Crippen molar-refractivity contribution in [1.29, 1.82) is 0 Å². The number of thioether (sulfide) groups is 1. The van der Waals surface area contributed by atoms with Crippen molar-refractivity contribution in [3.63, 3.8) is 0 Å². The number of hydrogen-bond acceptors (Lipinski definition) is 5. The van der Waals surface area contributed by atoms with Crippen LogP contribution in [0, 0.1) is 0 Å². The molecule has 1 heterocycles. The normalized spacial score (nSPS) is 9.86. The van der Waals surface area contributed by atoms with Gasteiger partial charge in [-0.3, -0.25) is 14.8 Å². The molecular formula is C7H10N4O2S. The number of carbonyl (C=O) groups is 1. The zero-order valence-corrected chi connectivity index (χ0v) is 8.37. The molecule has 3 N–H and O–H groups in total. The van der Waals surface area contributed by atoms with Gasteiger partial charge >= 0.3 is 5.69 Å². The molecule has 0 aliphatic rings. The molecule has 0 atom stereocenters. The van der Waals surface area contributed by atoms with Crippen LogP contribution in [0.1, 0.15) is 0 Å². The molecule has 0 radical (unpaired) electrons. The third-order valence-corrected chi connectivity index (χ3v) is 2.18. The molecule has 7 heteroatoms. The Morgan fingerprint density at radius 3 is 3.00 bits per heavy atom. The first-order chi connectivity index (χ1) is 6.67. The second kappa shape index (κ2) is 4.77. The van der Waals surface area contributed by atoms with Crippen LogP contribution in [0.2, 0.25) is 0 Å². The average molecular weight is 214 g/mol. The topological polar surface area (TPSA) is 90.0 Å². The maximum atomic E-state index is 11.3. The van der Waals surface area contributed by atoms with E-state index in [-0.39, 0.29) is 6.54 Å². The lowest BCUT2D eigenvalue weighted by molar-refractivity contribution is -0.121. The third-order valence-electron chi connectivity index (χ3n) is 1.53. The lowest BCUT2D eigenvalue weighted by atomic mass is 10.5. The molecule has 0 aromatic carbocycles. The molecule has 0 saturated carbocycles. The molecule has 1 rings (SSSR count). The van der Waals surface area contributed by atoms with E-state index >= 15 is 0 Å². The Kier molecular flexibility index (Phi) is 3.66. The summed E-state index contributed by atoms with van der Waals surface area (Å²) in [6.45, 7) is -0.114. The van der Waals surface area contributed by atoms with Crippen molar-refractivity contribution in [1.82, 2.24) is 15.0 Å². The fourth-order valence-electron chi connectivity index (χ4n) is 0.848. The molecule has 0 aliphatic heterocycles. The molecule has 0 saturated heterocycles. The monoisotopic (exact) mass is 214 g/mol. The van der Waals surface area contributed by atoms with E-state index < -0.39 is 11.6 Å². The number of amides is 1.